The average Bonchev–Trinajstić information content (AvgIpc) is 2.96. The highest BCUT2D eigenvalue weighted by Crippen LogP contribution is 2.27. The molecule has 0 spiro atoms. The number of carbonyl (C=O) groups excluding carboxylic acids is 1. The second-order valence-electron chi connectivity index (χ2n) is 5.88. The lowest BCUT2D eigenvalue weighted by molar-refractivity contribution is -0.149. The molecule has 126 valence electrons. The maximum Gasteiger partial charge on any atom is 0.326 e. The fourth-order valence-corrected chi connectivity index (χ4v) is 3.07. The Morgan fingerprint density at radius 1 is 1.32 bits per heavy atom. The molecule has 1 amide bonds. The van der Waals surface area contributed by atoms with Gasteiger partial charge in [-0.1, -0.05) is 18.2 Å². The van der Waals surface area contributed by atoms with Gasteiger partial charge in [-0.05, 0) is 18.2 Å². The van der Waals surface area contributed by atoms with Gasteiger partial charge in [0, 0.05) is 17.6 Å². The van der Waals surface area contributed by atoms with Crippen LogP contribution in [0.2, 0.25) is 0 Å². The number of amides is 1. The molecule has 1 aromatic heterocycles. The summed E-state index contributed by atoms with van der Waals surface area (Å²) in [4.78, 5) is 33.1. The van der Waals surface area contributed by atoms with E-state index in [9.17, 15) is 14.7 Å². The van der Waals surface area contributed by atoms with Gasteiger partial charge >= 0.3 is 5.97 Å². The normalized spacial score (nSPS) is 18.5. The number of carboxylic acids is 1. The fourth-order valence-electron chi connectivity index (χ4n) is 3.07. The monoisotopic (exact) mass is 337 g/mol. The van der Waals surface area contributed by atoms with Crippen molar-refractivity contribution in [1.82, 2.24) is 14.9 Å². The van der Waals surface area contributed by atoms with E-state index in [1.54, 1.807) is 18.2 Å². The molecule has 1 atom stereocenters. The topological polar surface area (TPSA) is 95.5 Å². The third kappa shape index (κ3) is 2.69. The van der Waals surface area contributed by atoms with Crippen LogP contribution in [-0.2, 0) is 22.6 Å². The van der Waals surface area contributed by atoms with Crippen LogP contribution in [-0.4, -0.2) is 37.9 Å². The van der Waals surface area contributed by atoms with Gasteiger partial charge in [-0.15, -0.1) is 0 Å². The number of carbonyl (C=O) groups is 2. The maximum absolute atomic E-state index is 13.0. The number of rotatable bonds is 2. The van der Waals surface area contributed by atoms with Crippen molar-refractivity contribution >= 4 is 18.0 Å². The van der Waals surface area contributed by atoms with Crippen molar-refractivity contribution in [1.29, 1.82) is 0 Å². The summed E-state index contributed by atoms with van der Waals surface area (Å²) in [6.07, 6.45) is 6.42. The number of ether oxygens (including phenoxy) is 1. The van der Waals surface area contributed by atoms with Crippen LogP contribution in [0.3, 0.4) is 0 Å². The minimum absolute atomic E-state index is 0.179. The van der Waals surface area contributed by atoms with Crippen LogP contribution in [0.25, 0.3) is 6.08 Å². The molecular formula is C18H15N3O4. The molecule has 2 aliphatic rings. The van der Waals surface area contributed by atoms with E-state index >= 15 is 0 Å². The summed E-state index contributed by atoms with van der Waals surface area (Å²) in [6.45, 7) is 0.179. The first-order valence-electron chi connectivity index (χ1n) is 7.82. The molecule has 0 unspecified atom stereocenters. The fraction of sp³-hybridized carbons (Fsp3) is 0.167. The average molecular weight is 337 g/mol. The Hall–Kier alpha value is -3.35. The quantitative estimate of drug-likeness (QED) is 0.870. The van der Waals surface area contributed by atoms with Crippen LogP contribution in [0.5, 0.6) is 5.75 Å². The number of carboxylic acid groups (broad SMARTS) is 1. The first-order chi connectivity index (χ1) is 12.1. The molecule has 7 heteroatoms. The second kappa shape index (κ2) is 5.94. The van der Waals surface area contributed by atoms with E-state index in [0.717, 1.165) is 11.3 Å². The highest BCUT2D eigenvalue weighted by atomic mass is 16.5. The maximum atomic E-state index is 13.0. The van der Waals surface area contributed by atoms with Gasteiger partial charge < -0.3 is 19.7 Å². The Morgan fingerprint density at radius 2 is 2.16 bits per heavy atom. The van der Waals surface area contributed by atoms with Crippen LogP contribution in [0.1, 0.15) is 17.0 Å². The van der Waals surface area contributed by atoms with Gasteiger partial charge in [0.1, 0.15) is 11.8 Å². The Labute approximate surface area is 143 Å². The molecule has 1 aromatic carbocycles. The second-order valence-corrected chi connectivity index (χ2v) is 5.88. The molecular weight excluding hydrogens is 322 g/mol. The molecule has 3 heterocycles. The molecule has 0 saturated carbocycles. The lowest BCUT2D eigenvalue weighted by atomic mass is 10.0. The van der Waals surface area contributed by atoms with E-state index < -0.39 is 12.0 Å². The highest BCUT2D eigenvalue weighted by molar-refractivity contribution is 6.02. The molecule has 0 radical (unpaired) electrons. The summed E-state index contributed by atoms with van der Waals surface area (Å²) in [7, 11) is 0. The Bertz CT molecular complexity index is 913. The van der Waals surface area contributed by atoms with Crippen molar-refractivity contribution in [3.05, 3.63) is 65.5 Å². The molecule has 2 aliphatic heterocycles. The molecule has 25 heavy (non-hydrogen) atoms. The van der Waals surface area contributed by atoms with Crippen molar-refractivity contribution in [2.75, 3.05) is 0 Å². The van der Waals surface area contributed by atoms with Crippen molar-refractivity contribution < 1.29 is 19.4 Å². The van der Waals surface area contributed by atoms with Gasteiger partial charge in [-0.25, -0.2) is 9.78 Å². The van der Waals surface area contributed by atoms with Gasteiger partial charge in [-0.2, -0.15) is 0 Å². The van der Waals surface area contributed by atoms with Gasteiger partial charge in [0.05, 0.1) is 30.5 Å². The number of aromatic amines is 1. The highest BCUT2D eigenvalue weighted by Gasteiger charge is 2.36. The third-order valence-corrected chi connectivity index (χ3v) is 4.36. The minimum atomic E-state index is -1.04. The number of hydrogen-bond donors (Lipinski definition) is 2. The number of hydrogen-bond acceptors (Lipinski definition) is 4. The van der Waals surface area contributed by atoms with E-state index in [4.69, 9.17) is 4.74 Å². The van der Waals surface area contributed by atoms with Gasteiger partial charge in [-0.3, -0.25) is 4.79 Å². The summed E-state index contributed by atoms with van der Waals surface area (Å²) in [5.74, 6) is -0.758. The zero-order valence-electron chi connectivity index (χ0n) is 13.2. The van der Waals surface area contributed by atoms with Crippen molar-refractivity contribution in [3.63, 3.8) is 0 Å². The molecule has 4 rings (SSSR count). The number of nitrogens with zero attached hydrogens (tertiary/aromatic N) is 2. The summed E-state index contributed by atoms with van der Waals surface area (Å²) < 4.78 is 5.50. The van der Waals surface area contributed by atoms with E-state index in [1.807, 2.05) is 18.2 Å². The predicted molar refractivity (Wildman–Crippen MR) is 88.5 cm³/mol. The number of H-pyrrole nitrogens is 1. The van der Waals surface area contributed by atoms with Gasteiger partial charge in [0.2, 0.25) is 0 Å². The SMILES string of the molecule is O=C(O)[C@H]1Cc2nc[nH]c2CN1C(=O)C1=Cc2ccccc2OC=C1. The standard InChI is InChI=1S/C18H15N3O4/c22-17(12-5-6-25-16-4-2-1-3-11(16)7-12)21-9-14-13(19-10-20-14)8-15(21)18(23)24/h1-7,10,15H,8-9H2,(H,19,20)(H,23,24)/t15-/m1/s1. The Balaban J connectivity index is 1.70. The number of nitrogens with one attached hydrogen (secondary N) is 1. The zero-order valence-corrected chi connectivity index (χ0v) is 13.2. The molecule has 7 nitrogen and oxygen atoms in total. The minimum Gasteiger partial charge on any atom is -0.480 e. The van der Waals surface area contributed by atoms with Crippen LogP contribution in [0.15, 0.2) is 48.5 Å². The first kappa shape index (κ1) is 15.2. The molecule has 2 aromatic rings. The molecule has 0 bridgehead atoms. The molecule has 0 saturated heterocycles. The number of aliphatic carboxylic acids is 1. The summed E-state index contributed by atoms with van der Waals surface area (Å²) in [5.41, 5.74) is 2.59. The van der Waals surface area contributed by atoms with Crippen LogP contribution >= 0.6 is 0 Å². The van der Waals surface area contributed by atoms with Crippen molar-refractivity contribution in [2.45, 2.75) is 19.0 Å². The van der Waals surface area contributed by atoms with E-state index in [0.29, 0.717) is 17.0 Å². The van der Waals surface area contributed by atoms with E-state index in [2.05, 4.69) is 9.97 Å². The Kier molecular flexibility index (Phi) is 3.61. The number of fused-ring (bicyclic) bond motifs is 2. The third-order valence-electron chi connectivity index (χ3n) is 4.36. The number of aromatic nitrogens is 2. The number of para-hydroxylation sites is 1. The summed E-state index contributed by atoms with van der Waals surface area (Å²) >= 11 is 0. The molecule has 0 fully saturated rings. The van der Waals surface area contributed by atoms with Gasteiger partial charge in [0.15, 0.2) is 0 Å². The smallest absolute Gasteiger partial charge is 0.326 e. The zero-order chi connectivity index (χ0) is 17.4. The van der Waals surface area contributed by atoms with Crippen LogP contribution in [0, 0.1) is 0 Å². The molecule has 2 N–H and O–H groups in total. The lowest BCUT2D eigenvalue weighted by Crippen LogP contribution is -2.49. The number of imidazole rings is 1. The van der Waals surface area contributed by atoms with Crippen molar-refractivity contribution in [3.8, 4) is 5.75 Å². The largest absolute Gasteiger partial charge is 0.480 e. The van der Waals surface area contributed by atoms with E-state index in [1.165, 1.54) is 17.5 Å². The summed E-state index contributed by atoms with van der Waals surface area (Å²) in [6, 6.07) is 6.40. The number of benzene rings is 1. The van der Waals surface area contributed by atoms with E-state index in [-0.39, 0.29) is 18.9 Å². The van der Waals surface area contributed by atoms with Crippen molar-refractivity contribution in [2.24, 2.45) is 0 Å². The van der Waals surface area contributed by atoms with Gasteiger partial charge in [0.25, 0.3) is 5.91 Å². The molecule has 0 aliphatic carbocycles. The lowest BCUT2D eigenvalue weighted by Gasteiger charge is -2.32. The summed E-state index contributed by atoms with van der Waals surface area (Å²) in [5, 5.41) is 9.54. The first-order valence-corrected chi connectivity index (χ1v) is 7.82. The van der Waals surface area contributed by atoms with Crippen LogP contribution < -0.4 is 4.74 Å². The van der Waals surface area contributed by atoms with Crippen LogP contribution in [0.4, 0.5) is 0 Å². The predicted octanol–water partition coefficient (Wildman–Crippen LogP) is 1.74. The Morgan fingerprint density at radius 3 is 3.00 bits per heavy atom.